The highest BCUT2D eigenvalue weighted by atomic mass is 19.1. The Kier molecular flexibility index (Phi) is 6.71. The zero-order chi connectivity index (χ0) is 27.1. The first-order valence-electron chi connectivity index (χ1n) is 13.7. The minimum absolute atomic E-state index is 0.0829. The lowest BCUT2D eigenvalue weighted by Crippen LogP contribution is -2.62. The van der Waals surface area contributed by atoms with Gasteiger partial charge in [0.05, 0.1) is 18.0 Å². The molecule has 2 amide bonds. The molecule has 2 aromatic carbocycles. The van der Waals surface area contributed by atoms with Crippen molar-refractivity contribution in [3.8, 4) is 11.5 Å². The maximum Gasteiger partial charge on any atom is 0.294 e. The molecule has 1 aliphatic heterocycles. The van der Waals surface area contributed by atoms with Crippen LogP contribution in [-0.2, 0) is 6.54 Å². The van der Waals surface area contributed by atoms with Crippen molar-refractivity contribution >= 4 is 22.8 Å². The van der Waals surface area contributed by atoms with Crippen LogP contribution in [0.4, 0.5) is 4.39 Å². The van der Waals surface area contributed by atoms with E-state index in [-0.39, 0.29) is 42.1 Å². The van der Waals surface area contributed by atoms with E-state index in [1.165, 1.54) is 12.1 Å². The average Bonchev–Trinajstić information content (AvgIpc) is 3.20. The van der Waals surface area contributed by atoms with Crippen LogP contribution in [0.3, 0.4) is 0 Å². The number of hydrogen-bond donors (Lipinski definition) is 2. The van der Waals surface area contributed by atoms with E-state index in [1.807, 2.05) is 11.8 Å². The van der Waals surface area contributed by atoms with Crippen LogP contribution in [0.1, 0.15) is 71.9 Å². The molecule has 2 fully saturated rings. The smallest absolute Gasteiger partial charge is 0.294 e. The third-order valence-electron chi connectivity index (χ3n) is 8.37. The fraction of sp³-hybridized carbons (Fsp3) is 0.467. The Balaban J connectivity index is 1.25. The predicted octanol–water partition coefficient (Wildman–Crippen LogP) is 4.80. The third kappa shape index (κ3) is 4.73. The third-order valence-corrected chi connectivity index (χ3v) is 8.37. The molecule has 0 radical (unpaired) electrons. The maximum absolute atomic E-state index is 14.0. The fourth-order valence-electron chi connectivity index (χ4n) is 5.71. The summed E-state index contributed by atoms with van der Waals surface area (Å²) in [5.41, 5.74) is 0.998. The van der Waals surface area contributed by atoms with Crippen LogP contribution in [0.5, 0.6) is 11.5 Å². The normalized spacial score (nSPS) is 21.5. The number of benzene rings is 2. The first-order valence-corrected chi connectivity index (χ1v) is 13.7. The van der Waals surface area contributed by atoms with Crippen molar-refractivity contribution in [3.05, 3.63) is 59.1 Å². The number of carbonyl (C=O) groups is 2. The molecule has 2 heterocycles. The number of halogens is 1. The molecule has 2 N–H and O–H groups in total. The van der Waals surface area contributed by atoms with E-state index in [4.69, 9.17) is 13.9 Å². The topological polar surface area (TPSA) is 93.0 Å². The Labute approximate surface area is 226 Å². The first kappa shape index (κ1) is 25.7. The SMILES string of the molecule is COc1ccc(F)cc1CNCC1(C)COc2c(oc3cc(C(=O)NC4CCC4)ccc23)C(=O)N1C1CCC1. The molecule has 1 aromatic heterocycles. The van der Waals surface area contributed by atoms with Crippen molar-refractivity contribution in [2.45, 2.75) is 69.6 Å². The van der Waals surface area contributed by atoms with Crippen LogP contribution < -0.4 is 20.1 Å². The molecule has 3 aromatic rings. The largest absolute Gasteiger partial charge is 0.496 e. The van der Waals surface area contributed by atoms with Gasteiger partial charge in [-0.25, -0.2) is 4.39 Å². The minimum atomic E-state index is -0.667. The number of ether oxygens (including phenoxy) is 2. The Hall–Kier alpha value is -3.59. The molecule has 206 valence electrons. The van der Waals surface area contributed by atoms with Gasteiger partial charge < -0.3 is 29.4 Å². The summed E-state index contributed by atoms with van der Waals surface area (Å²) in [7, 11) is 1.56. The van der Waals surface area contributed by atoms with Crippen LogP contribution in [0.25, 0.3) is 11.0 Å². The van der Waals surface area contributed by atoms with Gasteiger partial charge in [0.15, 0.2) is 5.75 Å². The van der Waals surface area contributed by atoms with Crippen molar-refractivity contribution < 1.29 is 27.9 Å². The quantitative estimate of drug-likeness (QED) is 0.431. The lowest BCUT2D eigenvalue weighted by molar-refractivity contribution is 0.00393. The van der Waals surface area contributed by atoms with Crippen LogP contribution in [-0.4, -0.2) is 54.6 Å². The van der Waals surface area contributed by atoms with Crippen molar-refractivity contribution in [2.24, 2.45) is 0 Å². The van der Waals surface area contributed by atoms with Gasteiger partial charge in [-0.2, -0.15) is 0 Å². The highest BCUT2D eigenvalue weighted by molar-refractivity contribution is 6.04. The van der Waals surface area contributed by atoms with Crippen LogP contribution in [0.15, 0.2) is 40.8 Å². The number of amides is 2. The molecule has 6 rings (SSSR count). The zero-order valence-electron chi connectivity index (χ0n) is 22.3. The standard InChI is InChI=1S/C30H34FN3O5/c1-30(16-32-15-19-13-20(31)10-12-24(19)37-2)17-38-26-23-11-9-18(28(35)33-21-5-3-6-21)14-25(23)39-27(26)29(36)34(30)22-7-4-8-22/h9-14,21-22,32H,3-8,15-17H2,1-2H3,(H,33,35). The van der Waals surface area contributed by atoms with Crippen LogP contribution in [0.2, 0.25) is 0 Å². The van der Waals surface area contributed by atoms with Gasteiger partial charge in [-0.3, -0.25) is 9.59 Å². The van der Waals surface area contributed by atoms with Crippen molar-refractivity contribution in [2.75, 3.05) is 20.3 Å². The molecular weight excluding hydrogens is 501 g/mol. The average molecular weight is 536 g/mol. The van der Waals surface area contributed by atoms with Crippen molar-refractivity contribution in [1.29, 1.82) is 0 Å². The van der Waals surface area contributed by atoms with Gasteiger partial charge in [0, 0.05) is 36.3 Å². The summed E-state index contributed by atoms with van der Waals surface area (Å²) < 4.78 is 31.7. The van der Waals surface area contributed by atoms with Gasteiger partial charge in [0.2, 0.25) is 5.76 Å². The van der Waals surface area contributed by atoms with E-state index in [2.05, 4.69) is 10.6 Å². The summed E-state index contributed by atoms with van der Waals surface area (Å²) in [5.74, 6) is 0.513. The number of furan rings is 1. The molecule has 2 aliphatic carbocycles. The molecule has 8 nitrogen and oxygen atoms in total. The zero-order valence-corrected chi connectivity index (χ0v) is 22.3. The highest BCUT2D eigenvalue weighted by Crippen LogP contribution is 2.41. The Morgan fingerprint density at radius 3 is 2.64 bits per heavy atom. The summed E-state index contributed by atoms with van der Waals surface area (Å²) in [6.07, 6.45) is 6.04. The van der Waals surface area contributed by atoms with E-state index in [0.717, 1.165) is 38.5 Å². The molecule has 0 saturated heterocycles. The summed E-state index contributed by atoms with van der Waals surface area (Å²) >= 11 is 0. The fourth-order valence-corrected chi connectivity index (χ4v) is 5.71. The number of methoxy groups -OCH3 is 1. The molecule has 39 heavy (non-hydrogen) atoms. The highest BCUT2D eigenvalue weighted by Gasteiger charge is 2.47. The minimum Gasteiger partial charge on any atom is -0.496 e. The van der Waals surface area contributed by atoms with E-state index in [1.54, 1.807) is 31.4 Å². The molecule has 2 saturated carbocycles. The predicted molar refractivity (Wildman–Crippen MR) is 144 cm³/mol. The molecule has 9 heteroatoms. The van der Waals surface area contributed by atoms with Gasteiger partial charge in [-0.1, -0.05) is 0 Å². The molecule has 3 aliphatic rings. The second kappa shape index (κ2) is 10.2. The number of nitrogens with zero attached hydrogens (tertiary/aromatic N) is 1. The van der Waals surface area contributed by atoms with E-state index >= 15 is 0 Å². The van der Waals surface area contributed by atoms with Gasteiger partial charge in [-0.05, 0) is 81.8 Å². The Bertz CT molecular complexity index is 1410. The first-order chi connectivity index (χ1) is 18.9. The summed E-state index contributed by atoms with van der Waals surface area (Å²) in [5, 5.41) is 7.12. The number of hydrogen-bond acceptors (Lipinski definition) is 6. The van der Waals surface area contributed by atoms with E-state index < -0.39 is 5.54 Å². The Morgan fingerprint density at radius 2 is 1.95 bits per heavy atom. The van der Waals surface area contributed by atoms with Gasteiger partial charge in [0.25, 0.3) is 11.8 Å². The summed E-state index contributed by atoms with van der Waals surface area (Å²) in [4.78, 5) is 28.6. The molecule has 0 bridgehead atoms. The monoisotopic (exact) mass is 535 g/mol. The molecular formula is C30H34FN3O5. The second-order valence-electron chi connectivity index (χ2n) is 11.2. The van der Waals surface area contributed by atoms with Gasteiger partial charge in [-0.15, -0.1) is 0 Å². The Morgan fingerprint density at radius 1 is 1.15 bits per heavy atom. The van der Waals surface area contributed by atoms with Gasteiger partial charge >= 0.3 is 0 Å². The molecule has 1 unspecified atom stereocenters. The van der Waals surface area contributed by atoms with Crippen LogP contribution >= 0.6 is 0 Å². The number of rotatable bonds is 8. The maximum atomic E-state index is 14.0. The summed E-state index contributed by atoms with van der Waals surface area (Å²) in [6.45, 7) is 3.08. The number of carbonyl (C=O) groups excluding carboxylic acids is 2. The van der Waals surface area contributed by atoms with E-state index in [9.17, 15) is 14.0 Å². The number of nitrogens with one attached hydrogen (secondary N) is 2. The molecule has 0 spiro atoms. The van der Waals surface area contributed by atoms with E-state index in [0.29, 0.717) is 46.7 Å². The van der Waals surface area contributed by atoms with Crippen molar-refractivity contribution in [3.63, 3.8) is 0 Å². The van der Waals surface area contributed by atoms with Crippen molar-refractivity contribution in [1.82, 2.24) is 15.5 Å². The second-order valence-corrected chi connectivity index (χ2v) is 11.2. The summed E-state index contributed by atoms with van der Waals surface area (Å²) in [6, 6.07) is 9.99. The van der Waals surface area contributed by atoms with Gasteiger partial charge in [0.1, 0.15) is 23.8 Å². The molecule has 1 atom stereocenters. The lowest BCUT2D eigenvalue weighted by atomic mass is 9.86. The number of fused-ring (bicyclic) bond motifs is 3. The lowest BCUT2D eigenvalue weighted by Gasteiger charge is -2.47. The van der Waals surface area contributed by atoms with Crippen LogP contribution in [0, 0.1) is 5.82 Å².